The van der Waals surface area contributed by atoms with Gasteiger partial charge in [-0.3, -0.25) is 25.4 Å². The molecule has 6 nitrogen and oxygen atoms in total. The van der Waals surface area contributed by atoms with Gasteiger partial charge in [0.25, 0.3) is 11.8 Å². The zero-order chi connectivity index (χ0) is 18.1. The largest absolute Gasteiger partial charge is 0.472 e. The van der Waals surface area contributed by atoms with E-state index >= 15 is 0 Å². The summed E-state index contributed by atoms with van der Waals surface area (Å²) in [5.41, 5.74) is 8.69. The van der Waals surface area contributed by atoms with Crippen LogP contribution in [0.2, 0.25) is 0 Å². The second-order valence-corrected chi connectivity index (χ2v) is 6.70. The fourth-order valence-electron chi connectivity index (χ4n) is 3.46. The van der Waals surface area contributed by atoms with Crippen LogP contribution in [-0.4, -0.2) is 16.8 Å². The summed E-state index contributed by atoms with van der Waals surface area (Å²) in [6.45, 7) is 2.18. The molecule has 6 heteroatoms. The van der Waals surface area contributed by atoms with E-state index in [-0.39, 0.29) is 5.91 Å². The third kappa shape index (κ3) is 2.94. The molecule has 0 bridgehead atoms. The Balaban J connectivity index is 1.69. The first-order valence-corrected chi connectivity index (χ1v) is 8.67. The van der Waals surface area contributed by atoms with Crippen molar-refractivity contribution in [1.82, 2.24) is 15.8 Å². The fourth-order valence-corrected chi connectivity index (χ4v) is 3.46. The first kappa shape index (κ1) is 16.3. The van der Waals surface area contributed by atoms with E-state index in [9.17, 15) is 9.59 Å². The summed E-state index contributed by atoms with van der Waals surface area (Å²) in [7, 11) is 0. The second kappa shape index (κ2) is 6.63. The van der Waals surface area contributed by atoms with E-state index in [1.165, 1.54) is 18.6 Å². The van der Waals surface area contributed by atoms with E-state index in [4.69, 9.17) is 9.40 Å². The number of pyridine rings is 1. The van der Waals surface area contributed by atoms with Crippen molar-refractivity contribution in [3.8, 4) is 0 Å². The average molecular weight is 349 g/mol. The van der Waals surface area contributed by atoms with E-state index in [1.807, 2.05) is 24.3 Å². The molecule has 0 spiro atoms. The Hall–Kier alpha value is -3.15. The molecule has 4 rings (SSSR count). The number of fused-ring (bicyclic) bond motifs is 2. The highest BCUT2D eigenvalue weighted by molar-refractivity contribution is 6.08. The van der Waals surface area contributed by atoms with E-state index in [0.29, 0.717) is 17.0 Å². The van der Waals surface area contributed by atoms with Gasteiger partial charge in [0, 0.05) is 11.1 Å². The zero-order valence-corrected chi connectivity index (χ0v) is 14.4. The van der Waals surface area contributed by atoms with Crippen molar-refractivity contribution in [1.29, 1.82) is 0 Å². The van der Waals surface area contributed by atoms with Crippen LogP contribution < -0.4 is 10.9 Å². The lowest BCUT2D eigenvalue weighted by Gasteiger charge is -2.24. The molecule has 0 fully saturated rings. The van der Waals surface area contributed by atoms with Crippen LogP contribution in [0.1, 0.15) is 45.3 Å². The molecule has 2 amide bonds. The summed E-state index contributed by atoms with van der Waals surface area (Å²) in [6.07, 6.45) is 5.48. The third-order valence-electron chi connectivity index (χ3n) is 4.81. The highest BCUT2D eigenvalue weighted by atomic mass is 16.3. The minimum atomic E-state index is -0.423. The molecule has 2 aromatic heterocycles. The van der Waals surface area contributed by atoms with Crippen LogP contribution in [0.3, 0.4) is 0 Å². The fraction of sp³-hybridized carbons (Fsp3) is 0.250. The smallest absolute Gasteiger partial charge is 0.272 e. The van der Waals surface area contributed by atoms with Crippen LogP contribution in [0.15, 0.2) is 47.3 Å². The molecular formula is C20H19N3O3. The van der Waals surface area contributed by atoms with Gasteiger partial charge in [0.2, 0.25) is 0 Å². The van der Waals surface area contributed by atoms with Gasteiger partial charge in [-0.15, -0.1) is 0 Å². The van der Waals surface area contributed by atoms with Gasteiger partial charge >= 0.3 is 0 Å². The SMILES string of the molecule is CC1CCc2nc3ccccc3c(C(=O)NNC(=O)c3ccoc3)c2C1. The maximum absolute atomic E-state index is 12.9. The van der Waals surface area contributed by atoms with E-state index < -0.39 is 5.91 Å². The van der Waals surface area contributed by atoms with Gasteiger partial charge in [-0.25, -0.2) is 0 Å². The highest BCUT2D eigenvalue weighted by Gasteiger charge is 2.25. The van der Waals surface area contributed by atoms with Gasteiger partial charge in [0.1, 0.15) is 6.26 Å². The van der Waals surface area contributed by atoms with E-state index in [1.54, 1.807) is 0 Å². The molecule has 1 aromatic carbocycles. The minimum absolute atomic E-state index is 0.328. The molecule has 0 saturated carbocycles. The summed E-state index contributed by atoms with van der Waals surface area (Å²) < 4.78 is 4.89. The van der Waals surface area contributed by atoms with Gasteiger partial charge < -0.3 is 4.42 Å². The number of carbonyl (C=O) groups is 2. The van der Waals surface area contributed by atoms with Crippen LogP contribution in [0, 0.1) is 5.92 Å². The van der Waals surface area contributed by atoms with Crippen LogP contribution >= 0.6 is 0 Å². The van der Waals surface area contributed by atoms with Gasteiger partial charge in [0.05, 0.1) is 22.9 Å². The molecule has 1 aliphatic rings. The van der Waals surface area contributed by atoms with Crippen molar-refractivity contribution >= 4 is 22.7 Å². The van der Waals surface area contributed by atoms with Crippen molar-refractivity contribution in [3.05, 3.63) is 65.2 Å². The topological polar surface area (TPSA) is 84.2 Å². The van der Waals surface area contributed by atoms with Crippen molar-refractivity contribution in [2.24, 2.45) is 5.92 Å². The molecule has 0 aliphatic heterocycles. The Labute approximate surface area is 150 Å². The maximum Gasteiger partial charge on any atom is 0.272 e. The average Bonchev–Trinajstić information content (AvgIpc) is 3.19. The number of nitrogens with zero attached hydrogens (tertiary/aromatic N) is 1. The van der Waals surface area contributed by atoms with Crippen LogP contribution in [0.4, 0.5) is 0 Å². The molecule has 26 heavy (non-hydrogen) atoms. The summed E-state index contributed by atoms with van der Waals surface area (Å²) in [5.74, 6) is -0.254. The molecule has 2 heterocycles. The number of hydrogen-bond donors (Lipinski definition) is 2. The molecule has 3 aromatic rings. The number of furan rings is 1. The van der Waals surface area contributed by atoms with Gasteiger partial charge in [-0.2, -0.15) is 0 Å². The maximum atomic E-state index is 12.9. The predicted molar refractivity (Wildman–Crippen MR) is 96.6 cm³/mol. The van der Waals surface area contributed by atoms with Crippen molar-refractivity contribution < 1.29 is 14.0 Å². The number of aryl methyl sites for hydroxylation is 1. The summed E-state index contributed by atoms with van der Waals surface area (Å²) in [4.78, 5) is 29.7. The van der Waals surface area contributed by atoms with E-state index in [0.717, 1.165) is 41.4 Å². The molecule has 132 valence electrons. The number of nitrogens with one attached hydrogen (secondary N) is 2. The van der Waals surface area contributed by atoms with Crippen molar-refractivity contribution in [2.75, 3.05) is 0 Å². The summed E-state index contributed by atoms with van der Waals surface area (Å²) in [6, 6.07) is 9.15. The Morgan fingerprint density at radius 2 is 1.96 bits per heavy atom. The molecule has 1 unspecified atom stereocenters. The van der Waals surface area contributed by atoms with Gasteiger partial charge in [-0.1, -0.05) is 25.1 Å². The number of amides is 2. The first-order valence-electron chi connectivity index (χ1n) is 8.67. The Morgan fingerprint density at radius 3 is 2.77 bits per heavy atom. The normalized spacial score (nSPS) is 16.1. The lowest BCUT2D eigenvalue weighted by molar-refractivity contribution is 0.0846. The van der Waals surface area contributed by atoms with Crippen molar-refractivity contribution in [2.45, 2.75) is 26.2 Å². The standard InChI is InChI=1S/C20H19N3O3/c1-12-6-7-17-15(10-12)18(14-4-2-3-5-16(14)21-17)20(25)23-22-19(24)13-8-9-26-11-13/h2-5,8-9,11-12H,6-7,10H2,1H3,(H,22,24)(H,23,25). The van der Waals surface area contributed by atoms with Gasteiger partial charge in [-0.05, 0) is 42.9 Å². The molecule has 0 radical (unpaired) electrons. The highest BCUT2D eigenvalue weighted by Crippen LogP contribution is 2.31. The summed E-state index contributed by atoms with van der Waals surface area (Å²) in [5, 5.41) is 0.801. The quantitative estimate of drug-likeness (QED) is 0.697. The molecule has 1 atom stereocenters. The number of benzene rings is 1. The third-order valence-corrected chi connectivity index (χ3v) is 4.81. The van der Waals surface area contributed by atoms with Crippen LogP contribution in [0.25, 0.3) is 10.9 Å². The number of carbonyl (C=O) groups excluding carboxylic acids is 2. The number of rotatable bonds is 2. The van der Waals surface area contributed by atoms with Crippen molar-refractivity contribution in [3.63, 3.8) is 0 Å². The zero-order valence-electron chi connectivity index (χ0n) is 14.4. The number of aromatic nitrogens is 1. The van der Waals surface area contributed by atoms with Crippen LogP contribution in [-0.2, 0) is 12.8 Å². The van der Waals surface area contributed by atoms with E-state index in [2.05, 4.69) is 17.8 Å². The Kier molecular flexibility index (Phi) is 4.16. The first-order chi connectivity index (χ1) is 12.6. The summed E-state index contributed by atoms with van der Waals surface area (Å²) >= 11 is 0. The van der Waals surface area contributed by atoms with Crippen LogP contribution in [0.5, 0.6) is 0 Å². The Bertz CT molecular complexity index is 979. The molecule has 2 N–H and O–H groups in total. The number of para-hydroxylation sites is 1. The molecule has 1 aliphatic carbocycles. The predicted octanol–water partition coefficient (Wildman–Crippen LogP) is 3.03. The number of hydrogen-bond acceptors (Lipinski definition) is 4. The minimum Gasteiger partial charge on any atom is -0.472 e. The number of hydrazine groups is 1. The van der Waals surface area contributed by atoms with Gasteiger partial charge in [0.15, 0.2) is 0 Å². The molecule has 0 saturated heterocycles. The second-order valence-electron chi connectivity index (χ2n) is 6.70. The lowest BCUT2D eigenvalue weighted by Crippen LogP contribution is -2.42. The molecular weight excluding hydrogens is 330 g/mol. The lowest BCUT2D eigenvalue weighted by atomic mass is 9.84. The Morgan fingerprint density at radius 1 is 1.15 bits per heavy atom. The monoisotopic (exact) mass is 349 g/mol.